The lowest BCUT2D eigenvalue weighted by atomic mass is 9.33. The highest BCUT2D eigenvalue weighted by Gasteiger charge is 2.73. The summed E-state index contributed by atoms with van der Waals surface area (Å²) in [4.78, 5) is 25.2. The number of carbonyl (C=O) groups is 2. The second-order valence-corrected chi connectivity index (χ2v) is 18.2. The topological polar surface area (TPSA) is 134 Å². The molecule has 5 aliphatic carbocycles. The fourth-order valence-electron chi connectivity index (χ4n) is 11.7. The van der Waals surface area contributed by atoms with Crippen LogP contribution in [0.1, 0.15) is 446 Å². The van der Waals surface area contributed by atoms with E-state index in [1.54, 1.807) is 26.0 Å². The van der Waals surface area contributed by atoms with Crippen LogP contribution in [0.5, 0.6) is 0 Å². The van der Waals surface area contributed by atoms with Gasteiger partial charge in [0.05, 0.1) is 36.4 Å². The molecule has 0 bridgehead atoms. The third kappa shape index (κ3) is 50.4. The van der Waals surface area contributed by atoms with Crippen LogP contribution in [-0.4, -0.2) is 70.0 Å². The molecule has 0 aromatic carbocycles. The van der Waals surface area contributed by atoms with Crippen LogP contribution in [0.3, 0.4) is 0 Å². The Kier molecular flexibility index (Phi) is 177. The van der Waals surface area contributed by atoms with Gasteiger partial charge in [0.15, 0.2) is 0 Å². The first-order chi connectivity index (χ1) is 46.2. The van der Waals surface area contributed by atoms with Crippen molar-refractivity contribution in [3.05, 3.63) is 35.5 Å². The van der Waals surface area contributed by atoms with Crippen LogP contribution in [0.15, 0.2) is 35.5 Å². The molecular formula is C88H206O8. The van der Waals surface area contributed by atoms with Crippen molar-refractivity contribution in [2.24, 2.45) is 50.2 Å². The van der Waals surface area contributed by atoms with Crippen LogP contribution < -0.4 is 0 Å². The van der Waals surface area contributed by atoms with E-state index >= 15 is 0 Å². The lowest BCUT2D eigenvalue weighted by Gasteiger charge is -2.72. The van der Waals surface area contributed by atoms with Crippen LogP contribution in [0.4, 0.5) is 0 Å². The zero-order valence-corrected chi connectivity index (χ0v) is 78.8. The molecule has 0 aromatic heterocycles. The number of carbonyl (C=O) groups excluding carboxylic acids is 2. The summed E-state index contributed by atoms with van der Waals surface area (Å²) in [5, 5.41) is 46.9. The molecule has 0 spiro atoms. The molecule has 0 amide bonds. The van der Waals surface area contributed by atoms with Crippen LogP contribution in [0.2, 0.25) is 0 Å². The second kappa shape index (κ2) is 114. The van der Waals surface area contributed by atoms with E-state index in [0.29, 0.717) is 24.8 Å². The van der Waals surface area contributed by atoms with E-state index < -0.39 is 52.0 Å². The molecule has 0 aromatic rings. The normalized spacial score (nSPS) is 24.9. The van der Waals surface area contributed by atoms with Crippen molar-refractivity contribution in [3.8, 4) is 0 Å². The molecule has 606 valence electrons. The van der Waals surface area contributed by atoms with Gasteiger partial charge in [0.25, 0.3) is 0 Å². The molecule has 4 saturated carbocycles. The predicted molar refractivity (Wildman–Crippen MR) is 457 cm³/mol. The summed E-state index contributed by atoms with van der Waals surface area (Å²) < 4.78 is 11.6. The van der Waals surface area contributed by atoms with Gasteiger partial charge in [0, 0.05) is 17.1 Å². The second-order valence-electron chi connectivity index (χ2n) is 18.2. The average molecular weight is 1390 g/mol. The number of ether oxygens (including phenoxy) is 2. The van der Waals surface area contributed by atoms with Gasteiger partial charge in [-0.25, -0.2) is 9.59 Å². The van der Waals surface area contributed by atoms with Gasteiger partial charge in [0.1, 0.15) is 6.61 Å². The zero-order chi connectivity index (χ0) is 83.7. The lowest BCUT2D eigenvalue weighted by molar-refractivity contribution is -0.260. The number of esters is 2. The van der Waals surface area contributed by atoms with E-state index in [-0.39, 0.29) is 47.8 Å². The van der Waals surface area contributed by atoms with Crippen molar-refractivity contribution in [3.63, 3.8) is 0 Å². The summed E-state index contributed by atoms with van der Waals surface area (Å²) in [6.07, 6.45) is 9.34. The Bertz CT molecular complexity index is 1370. The third-order valence-corrected chi connectivity index (χ3v) is 15.0. The number of hydrogen-bond donors (Lipinski definition) is 4. The highest BCUT2D eigenvalue weighted by atomic mass is 16.5. The maximum Gasteiger partial charge on any atom is 0.333 e. The summed E-state index contributed by atoms with van der Waals surface area (Å²) in [6, 6.07) is 0. The third-order valence-electron chi connectivity index (χ3n) is 15.0. The number of fused-ring (bicyclic) bond motifs is 7. The molecule has 0 aliphatic heterocycles. The van der Waals surface area contributed by atoms with Gasteiger partial charge in [-0.3, -0.25) is 0 Å². The number of hydrogen-bond acceptors (Lipinski definition) is 8. The van der Waals surface area contributed by atoms with Crippen molar-refractivity contribution in [1.82, 2.24) is 0 Å². The maximum absolute atomic E-state index is 12.7. The van der Waals surface area contributed by atoms with Crippen LogP contribution in [-0.2, 0) is 19.1 Å². The molecule has 0 saturated heterocycles. The average Bonchev–Trinajstić information content (AvgIpc) is 0.674. The molecule has 0 radical (unpaired) electrons. The summed E-state index contributed by atoms with van der Waals surface area (Å²) >= 11 is 0. The Morgan fingerprint density at radius 2 is 0.792 bits per heavy atom. The minimum atomic E-state index is -1.27. The Balaban J connectivity index is -0.0000000552. The van der Waals surface area contributed by atoms with Crippen LogP contribution in [0.25, 0.3) is 0 Å². The fraction of sp³-hybridized carbons (Fsp3) is 0.909. The number of allylic oxidation sites excluding steroid dienone is 4. The first kappa shape index (κ1) is 148. The quantitative estimate of drug-likeness (QED) is 0.117. The Morgan fingerprint density at radius 3 is 1.10 bits per heavy atom. The Hall–Kier alpha value is -2.00. The molecule has 96 heavy (non-hydrogen) atoms. The van der Waals surface area contributed by atoms with Gasteiger partial charge in [0.2, 0.25) is 0 Å². The molecule has 5 aliphatic rings. The van der Waals surface area contributed by atoms with E-state index in [0.717, 1.165) is 25.7 Å². The zero-order valence-electron chi connectivity index (χ0n) is 78.8. The summed E-state index contributed by atoms with van der Waals surface area (Å²) in [5.41, 5.74) is -1.43. The van der Waals surface area contributed by atoms with Crippen molar-refractivity contribution < 1.29 is 39.5 Å². The first-order valence-corrected chi connectivity index (χ1v) is 42.2. The first-order valence-electron chi connectivity index (χ1n) is 42.2. The number of rotatable bonds is 6. The van der Waals surface area contributed by atoms with Crippen molar-refractivity contribution in [1.29, 1.82) is 0 Å². The molecule has 8 nitrogen and oxygen atoms in total. The van der Waals surface area contributed by atoms with Crippen molar-refractivity contribution in [2.75, 3.05) is 13.2 Å². The molecule has 3 unspecified atom stereocenters. The lowest BCUT2D eigenvalue weighted by Crippen LogP contribution is -2.72. The smallest absolute Gasteiger partial charge is 0.333 e. The van der Waals surface area contributed by atoms with Crippen molar-refractivity contribution >= 4 is 11.9 Å². The van der Waals surface area contributed by atoms with Gasteiger partial charge in [-0.2, -0.15) is 0 Å². The van der Waals surface area contributed by atoms with Crippen molar-refractivity contribution in [2.45, 2.75) is 470 Å². The van der Waals surface area contributed by atoms with Crippen LogP contribution >= 0.6 is 0 Å². The van der Waals surface area contributed by atoms with Gasteiger partial charge < -0.3 is 29.9 Å². The van der Waals surface area contributed by atoms with E-state index in [4.69, 9.17) is 9.47 Å². The SMILES string of the molecule is C/C=C/C(=O)OC[C@@]12C(CC(C)(C)[C@@H](O)[C@@H]1O)C1=CCC3[C@@]4(C)CC[C@H](O)[C@](C)(COC(=O)/C(C)=C/C)C4CC[C@@]3(C)[C@]1(C)C[C@H]2O.CC.CC.CC.CC.CC.CC.CC.CC.CC.CC.CC.CC.CC.CC.CC.CC.CC.CC.CC.CC.CC.CC.CC.CCC. The van der Waals surface area contributed by atoms with E-state index in [1.807, 2.05) is 339 Å². The van der Waals surface area contributed by atoms with Gasteiger partial charge in [-0.15, -0.1) is 0 Å². The summed E-state index contributed by atoms with van der Waals surface area (Å²) in [6.45, 7) is 115. The summed E-state index contributed by atoms with van der Waals surface area (Å²) in [5.74, 6) is -0.776. The molecule has 4 fully saturated rings. The van der Waals surface area contributed by atoms with E-state index in [9.17, 15) is 30.0 Å². The minimum Gasteiger partial charge on any atom is -0.462 e. The van der Waals surface area contributed by atoms with E-state index in [2.05, 4.69) is 47.6 Å². The van der Waals surface area contributed by atoms with Gasteiger partial charge >= 0.3 is 11.9 Å². The fourth-order valence-corrected chi connectivity index (χ4v) is 11.7. The monoisotopic (exact) mass is 1390 g/mol. The summed E-state index contributed by atoms with van der Waals surface area (Å²) in [7, 11) is 0. The Morgan fingerprint density at radius 1 is 0.458 bits per heavy atom. The Labute approximate surface area is 617 Å². The number of aliphatic hydroxyl groups excluding tert-OH is 4. The highest BCUT2D eigenvalue weighted by molar-refractivity contribution is 5.87. The molecule has 8 heteroatoms. The maximum atomic E-state index is 12.7. The molecule has 4 N–H and O–H groups in total. The highest BCUT2D eigenvalue weighted by Crippen LogP contribution is 2.76. The van der Waals surface area contributed by atoms with E-state index in [1.165, 1.54) is 18.1 Å². The molecule has 12 atom stereocenters. The van der Waals surface area contributed by atoms with Gasteiger partial charge in [-0.05, 0) is 105 Å². The minimum absolute atomic E-state index is 0.137. The molecule has 5 rings (SSSR count). The largest absolute Gasteiger partial charge is 0.462 e. The molecule has 0 heterocycles. The predicted octanol–water partition coefficient (Wildman–Crippen LogP) is 30.7. The van der Waals surface area contributed by atoms with Crippen LogP contribution in [0, 0.1) is 50.2 Å². The molecular weight excluding hydrogens is 1180 g/mol. The standard InChI is InChI=1S/C39H60O8.C3H8.23C2H6/c1-10-12-30(42)46-22-39-25(19-34(4,5)31(43)32(39)44)24-13-14-27-35(6)17-16-28(40)36(7,21-47-33(45)23(3)11-2)26(35)15-18-37(27,8)38(24,9)20-29(39)41;1-3-2;23*1-2/h10-13,25-29,31-32,40-41,43-44H,14-22H2,1-9H3;3H2,1-2H3;23*1-2H3/b12-10+,23-11+;;;;;;;;;;;;;;;;;;;;;;;;/t25?,26?,27?,28-,29+,31-,32-,35-,36+,37+,38+,39-;;;;;;;;;;;;;;;;;;;;;;;;/m0......................../s1. The van der Waals surface area contributed by atoms with Gasteiger partial charge in [-0.1, -0.05) is 404 Å². The number of aliphatic hydroxyl groups is 4.